The van der Waals surface area contributed by atoms with Gasteiger partial charge in [-0.3, -0.25) is 0 Å². The number of aromatic nitrogens is 2. The van der Waals surface area contributed by atoms with E-state index in [0.717, 1.165) is 15.7 Å². The maximum absolute atomic E-state index is 5.55. The zero-order valence-electron chi connectivity index (χ0n) is 7.52. The third kappa shape index (κ3) is 1.71. The molecule has 4 heteroatoms. The van der Waals surface area contributed by atoms with Crippen LogP contribution < -0.4 is 5.73 Å². The van der Waals surface area contributed by atoms with Crippen LogP contribution in [0, 0.1) is 0 Å². The Hall–Kier alpha value is -1.13. The molecule has 1 aromatic carbocycles. The van der Waals surface area contributed by atoms with Crippen LogP contribution in [-0.2, 0) is 6.54 Å². The normalized spacial score (nSPS) is 10.4. The fraction of sp³-hybridized carbons (Fsp3) is 0.100. The van der Waals surface area contributed by atoms with Crippen LogP contribution in [0.15, 0.2) is 41.4 Å². The molecule has 2 aromatic rings. The summed E-state index contributed by atoms with van der Waals surface area (Å²) in [5.74, 6) is 0. The van der Waals surface area contributed by atoms with Gasteiger partial charge in [-0.1, -0.05) is 6.07 Å². The monoisotopic (exact) mass is 251 g/mol. The molecule has 0 aliphatic heterocycles. The van der Waals surface area contributed by atoms with Gasteiger partial charge in [-0.25, -0.2) is 4.98 Å². The summed E-state index contributed by atoms with van der Waals surface area (Å²) >= 11 is 3.51. The number of hydrogen-bond acceptors (Lipinski definition) is 2. The molecular formula is C10H10BrN3. The number of imidazole rings is 1. The zero-order chi connectivity index (χ0) is 9.97. The molecule has 3 nitrogen and oxygen atoms in total. The highest BCUT2D eigenvalue weighted by molar-refractivity contribution is 9.10. The summed E-state index contributed by atoms with van der Waals surface area (Å²) in [7, 11) is 0. The quantitative estimate of drug-likeness (QED) is 0.889. The number of benzene rings is 1. The molecule has 0 saturated carbocycles. The topological polar surface area (TPSA) is 43.8 Å². The first-order valence-electron chi connectivity index (χ1n) is 4.28. The summed E-state index contributed by atoms with van der Waals surface area (Å²) in [5, 5.41) is 0. The van der Waals surface area contributed by atoms with Crippen LogP contribution in [-0.4, -0.2) is 9.55 Å². The van der Waals surface area contributed by atoms with E-state index in [9.17, 15) is 0 Å². The van der Waals surface area contributed by atoms with Crippen molar-refractivity contribution < 1.29 is 0 Å². The Morgan fingerprint density at radius 2 is 2.29 bits per heavy atom. The smallest absolute Gasteiger partial charge is 0.0992 e. The molecule has 0 aliphatic rings. The first-order valence-corrected chi connectivity index (χ1v) is 5.07. The Bertz CT molecular complexity index is 423. The van der Waals surface area contributed by atoms with Gasteiger partial charge in [0.05, 0.1) is 12.0 Å². The van der Waals surface area contributed by atoms with Crippen LogP contribution in [0.25, 0.3) is 5.69 Å². The van der Waals surface area contributed by atoms with Crippen molar-refractivity contribution in [2.24, 2.45) is 5.73 Å². The van der Waals surface area contributed by atoms with Gasteiger partial charge in [-0.15, -0.1) is 0 Å². The van der Waals surface area contributed by atoms with Gasteiger partial charge in [0, 0.05) is 23.4 Å². The summed E-state index contributed by atoms with van der Waals surface area (Å²) in [6.07, 6.45) is 5.42. The van der Waals surface area contributed by atoms with Gasteiger partial charge in [0.1, 0.15) is 0 Å². The van der Waals surface area contributed by atoms with E-state index >= 15 is 0 Å². The minimum atomic E-state index is 0.558. The molecule has 0 bridgehead atoms. The van der Waals surface area contributed by atoms with E-state index in [1.807, 2.05) is 29.0 Å². The highest BCUT2D eigenvalue weighted by atomic mass is 79.9. The highest BCUT2D eigenvalue weighted by Gasteiger charge is 2.01. The van der Waals surface area contributed by atoms with Gasteiger partial charge in [-0.2, -0.15) is 0 Å². The van der Waals surface area contributed by atoms with Crippen molar-refractivity contribution in [3.63, 3.8) is 0 Å². The maximum atomic E-state index is 5.55. The lowest BCUT2D eigenvalue weighted by atomic mass is 10.2. The molecule has 1 heterocycles. The minimum absolute atomic E-state index is 0.558. The van der Waals surface area contributed by atoms with E-state index in [0.29, 0.717) is 6.54 Å². The summed E-state index contributed by atoms with van der Waals surface area (Å²) in [5.41, 5.74) is 7.73. The lowest BCUT2D eigenvalue weighted by molar-refractivity contribution is 1.03. The molecule has 2 N–H and O–H groups in total. The number of nitrogens with zero attached hydrogens (tertiary/aromatic N) is 2. The predicted octanol–water partition coefficient (Wildman–Crippen LogP) is 2.09. The van der Waals surface area contributed by atoms with Gasteiger partial charge in [0.25, 0.3) is 0 Å². The maximum Gasteiger partial charge on any atom is 0.0992 e. The second-order valence-corrected chi connectivity index (χ2v) is 3.81. The lowest BCUT2D eigenvalue weighted by Crippen LogP contribution is -1.98. The SMILES string of the molecule is NCc1ccc(-n2ccnc2)c(Br)c1. The van der Waals surface area contributed by atoms with E-state index in [1.165, 1.54) is 0 Å². The Labute approximate surface area is 90.7 Å². The Morgan fingerprint density at radius 3 is 2.86 bits per heavy atom. The van der Waals surface area contributed by atoms with Crippen LogP contribution in [0.5, 0.6) is 0 Å². The van der Waals surface area contributed by atoms with Gasteiger partial charge in [0.15, 0.2) is 0 Å². The highest BCUT2D eigenvalue weighted by Crippen LogP contribution is 2.21. The van der Waals surface area contributed by atoms with E-state index in [2.05, 4.69) is 20.9 Å². The third-order valence-electron chi connectivity index (χ3n) is 2.03. The molecule has 0 radical (unpaired) electrons. The van der Waals surface area contributed by atoms with Crippen molar-refractivity contribution in [2.75, 3.05) is 0 Å². The Kier molecular flexibility index (Phi) is 2.65. The van der Waals surface area contributed by atoms with Crippen molar-refractivity contribution >= 4 is 15.9 Å². The fourth-order valence-electron chi connectivity index (χ4n) is 1.29. The summed E-state index contributed by atoms with van der Waals surface area (Å²) in [4.78, 5) is 4.00. The first kappa shape index (κ1) is 9.43. The molecule has 0 atom stereocenters. The van der Waals surface area contributed by atoms with Gasteiger partial charge >= 0.3 is 0 Å². The Balaban J connectivity index is 2.46. The average Bonchev–Trinajstić information content (AvgIpc) is 2.70. The summed E-state index contributed by atoms with van der Waals surface area (Å²) in [6, 6.07) is 6.06. The second-order valence-electron chi connectivity index (χ2n) is 2.96. The molecule has 0 unspecified atom stereocenters. The second kappa shape index (κ2) is 3.94. The summed E-state index contributed by atoms with van der Waals surface area (Å²) < 4.78 is 2.98. The third-order valence-corrected chi connectivity index (χ3v) is 2.67. The van der Waals surface area contributed by atoms with Crippen molar-refractivity contribution in [1.29, 1.82) is 0 Å². The van der Waals surface area contributed by atoms with Crippen LogP contribution in [0.1, 0.15) is 5.56 Å². The number of nitrogens with two attached hydrogens (primary N) is 1. The van der Waals surface area contributed by atoms with Crippen molar-refractivity contribution in [3.05, 3.63) is 47.0 Å². The first-order chi connectivity index (χ1) is 6.81. The molecule has 14 heavy (non-hydrogen) atoms. The molecule has 0 spiro atoms. The van der Waals surface area contributed by atoms with Crippen molar-refractivity contribution in [2.45, 2.75) is 6.54 Å². The van der Waals surface area contributed by atoms with E-state index < -0.39 is 0 Å². The van der Waals surface area contributed by atoms with E-state index in [1.54, 1.807) is 12.5 Å². The number of hydrogen-bond donors (Lipinski definition) is 1. The largest absolute Gasteiger partial charge is 0.326 e. The molecule has 1 aromatic heterocycles. The minimum Gasteiger partial charge on any atom is -0.326 e. The van der Waals surface area contributed by atoms with Crippen LogP contribution in [0.4, 0.5) is 0 Å². The van der Waals surface area contributed by atoms with Crippen molar-refractivity contribution in [3.8, 4) is 5.69 Å². The fourth-order valence-corrected chi connectivity index (χ4v) is 1.92. The standard InChI is InChI=1S/C10H10BrN3/c11-9-5-8(6-12)1-2-10(9)14-4-3-13-7-14/h1-5,7H,6,12H2. The lowest BCUT2D eigenvalue weighted by Gasteiger charge is -2.06. The molecule has 0 fully saturated rings. The van der Waals surface area contributed by atoms with E-state index in [4.69, 9.17) is 5.73 Å². The van der Waals surface area contributed by atoms with Crippen LogP contribution >= 0.6 is 15.9 Å². The Morgan fingerprint density at radius 1 is 1.43 bits per heavy atom. The number of rotatable bonds is 2. The number of halogens is 1. The van der Waals surface area contributed by atoms with Gasteiger partial charge < -0.3 is 10.3 Å². The molecule has 2 rings (SSSR count). The molecule has 72 valence electrons. The van der Waals surface area contributed by atoms with E-state index in [-0.39, 0.29) is 0 Å². The zero-order valence-corrected chi connectivity index (χ0v) is 9.11. The predicted molar refractivity (Wildman–Crippen MR) is 59.2 cm³/mol. The molecule has 0 amide bonds. The molecular weight excluding hydrogens is 242 g/mol. The van der Waals surface area contributed by atoms with Gasteiger partial charge in [0.2, 0.25) is 0 Å². The summed E-state index contributed by atoms with van der Waals surface area (Å²) in [6.45, 7) is 0.558. The molecule has 0 aliphatic carbocycles. The van der Waals surface area contributed by atoms with Crippen molar-refractivity contribution in [1.82, 2.24) is 9.55 Å². The molecule has 0 saturated heterocycles. The average molecular weight is 252 g/mol. The van der Waals surface area contributed by atoms with Crippen LogP contribution in [0.3, 0.4) is 0 Å². The van der Waals surface area contributed by atoms with Crippen LogP contribution in [0.2, 0.25) is 0 Å². The van der Waals surface area contributed by atoms with Gasteiger partial charge in [-0.05, 0) is 33.6 Å².